The van der Waals surface area contributed by atoms with Crippen LogP contribution in [0.5, 0.6) is 0 Å². The van der Waals surface area contributed by atoms with Crippen LogP contribution in [-0.2, 0) is 9.16 Å². The Morgan fingerprint density at radius 3 is 2.24 bits per heavy atom. The Hall–Kier alpha value is -2.36. The fourth-order valence-corrected chi connectivity index (χ4v) is 11.7. The predicted molar refractivity (Wildman–Crippen MR) is 147 cm³/mol. The highest BCUT2D eigenvalue weighted by Gasteiger charge is 2.53. The van der Waals surface area contributed by atoms with Gasteiger partial charge in [-0.3, -0.25) is 0 Å². The Balaban J connectivity index is 1.38. The van der Waals surface area contributed by atoms with E-state index in [-0.39, 0.29) is 34.8 Å². The second kappa shape index (κ2) is 10.4. The standard InChI is InChI=1S/C29H35NO5SSi/c1-29(2,3)37(19-10-6-4-7-11-19,20-12-8-5-9-13-20)34-17-22-21-14-15-25(35-26(21)16-24(22)31)27-30-23(18-36-27)28(32)33/h4-13,18,21-22,24-26,31H,14-17H2,1-3H3,(H,32,33)/t21-,22-,24-,25-,26+/m1/s1. The van der Waals surface area contributed by atoms with E-state index in [0.717, 1.165) is 12.8 Å². The molecule has 0 amide bonds. The summed E-state index contributed by atoms with van der Waals surface area (Å²) in [6.45, 7) is 7.27. The Morgan fingerprint density at radius 2 is 1.70 bits per heavy atom. The summed E-state index contributed by atoms with van der Waals surface area (Å²) in [7, 11) is -2.69. The van der Waals surface area contributed by atoms with Gasteiger partial charge in [-0.15, -0.1) is 11.3 Å². The molecule has 1 saturated carbocycles. The molecular weight excluding hydrogens is 502 g/mol. The lowest BCUT2D eigenvalue weighted by Crippen LogP contribution is -2.67. The number of aliphatic hydroxyl groups excluding tert-OH is 1. The SMILES string of the molecule is CC(C)(C)[Si](OC[C@@H]1[C@H]2CC[C@H](c3nc(C(=O)O)cs3)O[C@H]2C[C@H]1O)(c1ccccc1)c1ccccc1. The molecule has 8 heteroatoms. The van der Waals surface area contributed by atoms with Gasteiger partial charge in [0, 0.05) is 24.3 Å². The Labute approximate surface area is 223 Å². The number of carboxylic acids is 1. The first kappa shape index (κ1) is 26.3. The molecule has 2 fully saturated rings. The van der Waals surface area contributed by atoms with Crippen LogP contribution in [0.25, 0.3) is 0 Å². The first-order valence-corrected chi connectivity index (χ1v) is 15.8. The van der Waals surface area contributed by atoms with Gasteiger partial charge in [0.05, 0.1) is 12.2 Å². The number of nitrogens with zero attached hydrogens (tertiary/aromatic N) is 1. The number of hydrogen-bond donors (Lipinski definition) is 2. The molecule has 3 aromatic rings. The summed E-state index contributed by atoms with van der Waals surface area (Å²) in [6.07, 6.45) is 1.41. The molecule has 1 aliphatic carbocycles. The molecule has 5 rings (SSSR count). The molecule has 37 heavy (non-hydrogen) atoms. The molecule has 1 aliphatic heterocycles. The molecule has 1 saturated heterocycles. The minimum Gasteiger partial charge on any atom is -0.476 e. The first-order valence-electron chi connectivity index (χ1n) is 13.0. The van der Waals surface area contributed by atoms with Gasteiger partial charge in [0.15, 0.2) is 5.69 Å². The van der Waals surface area contributed by atoms with Gasteiger partial charge in [-0.25, -0.2) is 9.78 Å². The van der Waals surface area contributed by atoms with Gasteiger partial charge < -0.3 is 19.4 Å². The van der Waals surface area contributed by atoms with E-state index in [1.54, 1.807) is 5.38 Å². The summed E-state index contributed by atoms with van der Waals surface area (Å²) in [6, 6.07) is 21.2. The van der Waals surface area contributed by atoms with Crippen molar-refractivity contribution in [2.45, 2.75) is 63.4 Å². The number of benzene rings is 2. The summed E-state index contributed by atoms with van der Waals surface area (Å²) in [4.78, 5) is 15.5. The van der Waals surface area contributed by atoms with Crippen LogP contribution in [-0.4, -0.2) is 48.3 Å². The number of ether oxygens (including phenoxy) is 1. The number of rotatable bonds is 7. The quantitative estimate of drug-likeness (QED) is 0.427. The third kappa shape index (κ3) is 4.93. The molecule has 1 aromatic heterocycles. The van der Waals surface area contributed by atoms with Crippen LogP contribution in [0.2, 0.25) is 5.04 Å². The predicted octanol–water partition coefficient (Wildman–Crippen LogP) is 4.64. The van der Waals surface area contributed by atoms with Crippen molar-refractivity contribution in [1.82, 2.24) is 4.98 Å². The van der Waals surface area contributed by atoms with Crippen LogP contribution in [0.1, 0.15) is 61.6 Å². The van der Waals surface area contributed by atoms with Gasteiger partial charge in [0.25, 0.3) is 8.32 Å². The van der Waals surface area contributed by atoms with Crippen LogP contribution in [0.4, 0.5) is 0 Å². The van der Waals surface area contributed by atoms with E-state index < -0.39 is 20.4 Å². The van der Waals surface area contributed by atoms with E-state index in [4.69, 9.17) is 9.16 Å². The molecule has 0 radical (unpaired) electrons. The molecule has 2 N–H and O–H groups in total. The van der Waals surface area contributed by atoms with Crippen molar-refractivity contribution in [2.24, 2.45) is 11.8 Å². The van der Waals surface area contributed by atoms with Crippen LogP contribution >= 0.6 is 11.3 Å². The number of thiazole rings is 1. The molecule has 2 aliphatic rings. The number of aromatic carboxylic acids is 1. The lowest BCUT2D eigenvalue weighted by atomic mass is 9.87. The van der Waals surface area contributed by atoms with Crippen LogP contribution in [0.15, 0.2) is 66.0 Å². The van der Waals surface area contributed by atoms with Gasteiger partial charge in [-0.05, 0) is 34.2 Å². The zero-order valence-electron chi connectivity index (χ0n) is 21.5. The van der Waals surface area contributed by atoms with Crippen LogP contribution in [0.3, 0.4) is 0 Å². The Bertz CT molecular complexity index is 1170. The molecular formula is C29H35NO5SSi. The lowest BCUT2D eigenvalue weighted by molar-refractivity contribution is -0.0814. The zero-order chi connectivity index (χ0) is 26.2. The topological polar surface area (TPSA) is 88.9 Å². The van der Waals surface area contributed by atoms with E-state index >= 15 is 0 Å². The van der Waals surface area contributed by atoms with Crippen molar-refractivity contribution in [3.8, 4) is 0 Å². The fourth-order valence-electron chi connectivity index (χ4n) is 6.26. The van der Waals surface area contributed by atoms with Crippen molar-refractivity contribution in [3.63, 3.8) is 0 Å². The average Bonchev–Trinajstić information content (AvgIpc) is 3.49. The highest BCUT2D eigenvalue weighted by Crippen LogP contribution is 2.47. The largest absolute Gasteiger partial charge is 0.476 e. The maximum absolute atomic E-state index is 11.3. The van der Waals surface area contributed by atoms with E-state index in [0.29, 0.717) is 18.0 Å². The fraction of sp³-hybridized carbons (Fsp3) is 0.448. The molecule has 0 spiro atoms. The summed E-state index contributed by atoms with van der Waals surface area (Å²) >= 11 is 1.33. The zero-order valence-corrected chi connectivity index (χ0v) is 23.4. The number of carboxylic acid groups (broad SMARTS) is 1. The third-order valence-corrected chi connectivity index (χ3v) is 14.0. The highest BCUT2D eigenvalue weighted by atomic mass is 32.1. The normalized spacial score (nSPS) is 26.1. The first-order chi connectivity index (χ1) is 17.7. The molecule has 2 aromatic carbocycles. The van der Waals surface area contributed by atoms with Crippen molar-refractivity contribution in [2.75, 3.05) is 6.61 Å². The van der Waals surface area contributed by atoms with Gasteiger partial charge in [0.2, 0.25) is 0 Å². The van der Waals surface area contributed by atoms with E-state index in [1.165, 1.54) is 21.7 Å². The third-order valence-electron chi connectivity index (χ3n) is 8.02. The molecule has 196 valence electrons. The van der Waals surface area contributed by atoms with E-state index in [2.05, 4.69) is 74.3 Å². The highest BCUT2D eigenvalue weighted by molar-refractivity contribution is 7.09. The van der Waals surface area contributed by atoms with Crippen molar-refractivity contribution < 1.29 is 24.2 Å². The van der Waals surface area contributed by atoms with Crippen molar-refractivity contribution in [1.29, 1.82) is 0 Å². The second-order valence-electron chi connectivity index (χ2n) is 11.2. The summed E-state index contributed by atoms with van der Waals surface area (Å²) in [5.74, 6) is -0.838. The number of hydrogen-bond acceptors (Lipinski definition) is 6. The smallest absolute Gasteiger partial charge is 0.355 e. The average molecular weight is 538 g/mol. The number of fused-ring (bicyclic) bond motifs is 1. The number of aromatic nitrogens is 1. The summed E-state index contributed by atoms with van der Waals surface area (Å²) in [5.41, 5.74) is 0.0637. The minimum atomic E-state index is -2.69. The number of carbonyl (C=O) groups is 1. The minimum absolute atomic E-state index is 0.0153. The second-order valence-corrected chi connectivity index (χ2v) is 16.4. The maximum Gasteiger partial charge on any atom is 0.355 e. The summed E-state index contributed by atoms with van der Waals surface area (Å²) in [5, 5.41) is 25.0. The van der Waals surface area contributed by atoms with Gasteiger partial charge in [0.1, 0.15) is 11.1 Å². The van der Waals surface area contributed by atoms with E-state index in [9.17, 15) is 15.0 Å². The van der Waals surface area contributed by atoms with Crippen molar-refractivity contribution in [3.05, 3.63) is 76.7 Å². The molecule has 5 atom stereocenters. The molecule has 2 heterocycles. The van der Waals surface area contributed by atoms with E-state index in [1.807, 2.05) is 12.1 Å². The van der Waals surface area contributed by atoms with Gasteiger partial charge in [-0.1, -0.05) is 81.4 Å². The van der Waals surface area contributed by atoms with Gasteiger partial charge in [-0.2, -0.15) is 0 Å². The maximum atomic E-state index is 11.3. The summed E-state index contributed by atoms with van der Waals surface area (Å²) < 4.78 is 13.6. The number of aliphatic hydroxyl groups is 1. The van der Waals surface area contributed by atoms with Crippen LogP contribution < -0.4 is 10.4 Å². The monoisotopic (exact) mass is 537 g/mol. The lowest BCUT2D eigenvalue weighted by Gasteiger charge is -2.44. The van der Waals surface area contributed by atoms with Gasteiger partial charge >= 0.3 is 5.97 Å². The van der Waals surface area contributed by atoms with Crippen molar-refractivity contribution >= 4 is 36.0 Å². The van der Waals surface area contributed by atoms with Crippen LogP contribution in [0, 0.1) is 11.8 Å². The molecule has 0 bridgehead atoms. The Kier molecular flexibility index (Phi) is 7.39. The Morgan fingerprint density at radius 1 is 1.08 bits per heavy atom. The molecule has 6 nitrogen and oxygen atoms in total. The molecule has 0 unspecified atom stereocenters.